The van der Waals surface area contributed by atoms with Crippen LogP contribution in [0.4, 0.5) is 5.69 Å². The number of fused-ring (bicyclic) bond motifs is 2. The molecule has 31 heavy (non-hydrogen) atoms. The van der Waals surface area contributed by atoms with Gasteiger partial charge in [0, 0.05) is 44.3 Å². The third-order valence-electron chi connectivity index (χ3n) is 9.00. The minimum Gasteiger partial charge on any atom is -0.462 e. The summed E-state index contributed by atoms with van der Waals surface area (Å²) in [4.78, 5) is 17.9. The van der Waals surface area contributed by atoms with E-state index in [1.54, 1.807) is 0 Å². The number of hydrogen-bond donors (Lipinski definition) is 0. The Bertz CT molecular complexity index is 872. The van der Waals surface area contributed by atoms with Crippen LogP contribution in [0.1, 0.15) is 50.2 Å². The topological polar surface area (TPSA) is 32.8 Å². The van der Waals surface area contributed by atoms with Crippen molar-refractivity contribution < 1.29 is 9.53 Å². The van der Waals surface area contributed by atoms with E-state index in [1.165, 1.54) is 35.2 Å². The van der Waals surface area contributed by atoms with Gasteiger partial charge in [-0.25, -0.2) is 0 Å². The quantitative estimate of drug-likeness (QED) is 0.520. The molecule has 2 aliphatic heterocycles. The number of piperazine rings is 1. The number of carbonyl (C=O) groups excluding carboxylic acids is 1. The zero-order valence-electron chi connectivity index (χ0n) is 19.5. The second kappa shape index (κ2) is 7.95. The maximum atomic E-state index is 12.9. The molecular formula is C27H38N2O2. The Morgan fingerprint density at radius 2 is 1.94 bits per heavy atom. The molecule has 2 saturated carbocycles. The summed E-state index contributed by atoms with van der Waals surface area (Å²) in [6, 6.07) is 6.77. The molecule has 0 unspecified atom stereocenters. The lowest BCUT2D eigenvalue weighted by Gasteiger charge is -2.50. The molecular weight excluding hydrogens is 384 g/mol. The lowest BCUT2D eigenvalue weighted by atomic mass is 9.55. The van der Waals surface area contributed by atoms with Gasteiger partial charge in [0.15, 0.2) is 0 Å². The van der Waals surface area contributed by atoms with Gasteiger partial charge in [0.25, 0.3) is 0 Å². The average molecular weight is 423 g/mol. The van der Waals surface area contributed by atoms with E-state index >= 15 is 0 Å². The van der Waals surface area contributed by atoms with Crippen LogP contribution in [-0.2, 0) is 9.53 Å². The monoisotopic (exact) mass is 422 g/mol. The predicted octanol–water partition coefficient (Wildman–Crippen LogP) is 4.74. The number of ether oxygens (including phenoxy) is 1. The molecule has 5 rings (SSSR count). The highest BCUT2D eigenvalue weighted by Crippen LogP contribution is 2.56. The smallest absolute Gasteiger partial charge is 0.310 e. The highest BCUT2D eigenvalue weighted by Gasteiger charge is 2.55. The van der Waals surface area contributed by atoms with E-state index in [9.17, 15) is 4.79 Å². The van der Waals surface area contributed by atoms with Crippen molar-refractivity contribution >= 4 is 11.7 Å². The molecule has 4 aliphatic rings. The molecule has 2 heterocycles. The summed E-state index contributed by atoms with van der Waals surface area (Å²) in [6.07, 6.45) is 5.91. The molecule has 0 N–H and O–H groups in total. The van der Waals surface area contributed by atoms with Gasteiger partial charge >= 0.3 is 5.97 Å². The van der Waals surface area contributed by atoms with Gasteiger partial charge in [-0.2, -0.15) is 0 Å². The van der Waals surface area contributed by atoms with Crippen molar-refractivity contribution in [2.75, 3.05) is 37.6 Å². The van der Waals surface area contributed by atoms with E-state index < -0.39 is 0 Å². The standard InChI is InChI=1S/C27H38N2O2/c1-18-7-8-21(14-20(18)3)29-12-10-28(11-13-29)17-23-22-15-24-19(2)6-5-9-27(24,4)16-25(22)31-26(23)30/h7-8,14,22-25H,2,5-6,9-13,15-17H2,1,3-4H3/t22-,23-,24-,25+,27+/m0/s1. The van der Waals surface area contributed by atoms with E-state index in [2.05, 4.69) is 55.3 Å². The van der Waals surface area contributed by atoms with Gasteiger partial charge in [0.1, 0.15) is 6.10 Å². The number of allylic oxidation sites excluding steroid dienone is 1. The molecule has 2 aliphatic carbocycles. The van der Waals surface area contributed by atoms with Gasteiger partial charge in [0.2, 0.25) is 0 Å². The fraction of sp³-hybridized carbons (Fsp3) is 0.667. The first-order chi connectivity index (χ1) is 14.8. The summed E-state index contributed by atoms with van der Waals surface area (Å²) in [6.45, 7) is 16.1. The third-order valence-corrected chi connectivity index (χ3v) is 9.00. The molecule has 4 nitrogen and oxygen atoms in total. The molecule has 1 aromatic carbocycles. The predicted molar refractivity (Wildman–Crippen MR) is 125 cm³/mol. The first-order valence-corrected chi connectivity index (χ1v) is 12.3. The Labute approximate surface area is 187 Å². The van der Waals surface area contributed by atoms with Crippen LogP contribution in [0, 0.1) is 37.0 Å². The molecule has 0 aromatic heterocycles. The first-order valence-electron chi connectivity index (χ1n) is 12.3. The molecule has 4 heteroatoms. The zero-order valence-corrected chi connectivity index (χ0v) is 19.5. The van der Waals surface area contributed by atoms with Gasteiger partial charge in [-0.3, -0.25) is 9.69 Å². The molecule has 2 saturated heterocycles. The maximum Gasteiger partial charge on any atom is 0.310 e. The van der Waals surface area contributed by atoms with Gasteiger partial charge in [-0.05, 0) is 80.5 Å². The largest absolute Gasteiger partial charge is 0.462 e. The molecule has 0 amide bonds. The number of rotatable bonds is 3. The second-order valence-electron chi connectivity index (χ2n) is 11.0. The molecule has 0 radical (unpaired) electrons. The Hall–Kier alpha value is -1.81. The van der Waals surface area contributed by atoms with Crippen molar-refractivity contribution in [2.24, 2.45) is 23.2 Å². The highest BCUT2D eigenvalue weighted by atomic mass is 16.6. The Kier molecular flexibility index (Phi) is 5.40. The van der Waals surface area contributed by atoms with E-state index in [0.29, 0.717) is 11.8 Å². The summed E-state index contributed by atoms with van der Waals surface area (Å²) in [5.74, 6) is 1.04. The molecule has 168 valence electrons. The fourth-order valence-electron chi connectivity index (χ4n) is 6.85. The van der Waals surface area contributed by atoms with Crippen LogP contribution < -0.4 is 4.90 Å². The Morgan fingerprint density at radius 3 is 2.68 bits per heavy atom. The van der Waals surface area contributed by atoms with Gasteiger partial charge in [0.05, 0.1) is 5.92 Å². The van der Waals surface area contributed by atoms with E-state index in [1.807, 2.05) is 0 Å². The van der Waals surface area contributed by atoms with E-state index in [4.69, 9.17) is 4.74 Å². The highest BCUT2D eigenvalue weighted by molar-refractivity contribution is 5.75. The Balaban J connectivity index is 1.22. The van der Waals surface area contributed by atoms with E-state index in [0.717, 1.165) is 52.0 Å². The summed E-state index contributed by atoms with van der Waals surface area (Å²) in [5, 5.41) is 0. The van der Waals surface area contributed by atoms with Crippen LogP contribution in [0.25, 0.3) is 0 Å². The number of anilines is 1. The number of carbonyl (C=O) groups is 1. The normalized spacial score (nSPS) is 36.2. The molecule has 5 atom stereocenters. The summed E-state index contributed by atoms with van der Waals surface area (Å²) < 4.78 is 5.98. The number of esters is 1. The number of benzene rings is 1. The van der Waals surface area contributed by atoms with Crippen molar-refractivity contribution in [3.05, 3.63) is 41.5 Å². The minimum absolute atomic E-state index is 0.0393. The molecule has 1 aromatic rings. The van der Waals surface area contributed by atoms with Crippen LogP contribution in [0.5, 0.6) is 0 Å². The summed E-state index contributed by atoms with van der Waals surface area (Å²) >= 11 is 0. The van der Waals surface area contributed by atoms with E-state index in [-0.39, 0.29) is 23.4 Å². The van der Waals surface area contributed by atoms with Crippen LogP contribution in [-0.4, -0.2) is 49.7 Å². The molecule has 0 spiro atoms. The lowest BCUT2D eigenvalue weighted by Crippen LogP contribution is -2.50. The number of nitrogens with zero attached hydrogens (tertiary/aromatic N) is 2. The zero-order chi connectivity index (χ0) is 21.8. The average Bonchev–Trinajstić information content (AvgIpc) is 3.03. The lowest BCUT2D eigenvalue weighted by molar-refractivity contribution is -0.146. The van der Waals surface area contributed by atoms with Crippen molar-refractivity contribution in [3.63, 3.8) is 0 Å². The second-order valence-corrected chi connectivity index (χ2v) is 11.0. The van der Waals surface area contributed by atoms with Crippen LogP contribution in [0.3, 0.4) is 0 Å². The Morgan fingerprint density at radius 1 is 1.16 bits per heavy atom. The molecule has 4 fully saturated rings. The maximum absolute atomic E-state index is 12.9. The van der Waals surface area contributed by atoms with Crippen LogP contribution >= 0.6 is 0 Å². The van der Waals surface area contributed by atoms with Crippen LogP contribution in [0.2, 0.25) is 0 Å². The minimum atomic E-state index is 0.0393. The number of hydrogen-bond acceptors (Lipinski definition) is 4. The number of aryl methyl sites for hydroxylation is 2. The van der Waals surface area contributed by atoms with Crippen molar-refractivity contribution in [1.82, 2.24) is 4.90 Å². The summed E-state index contributed by atoms with van der Waals surface area (Å²) in [7, 11) is 0. The third kappa shape index (κ3) is 3.82. The van der Waals surface area contributed by atoms with Gasteiger partial charge in [-0.1, -0.05) is 25.1 Å². The SMILES string of the molecule is C=C1CCC[C@]2(C)C[C@H]3OC(=O)[C@@H](CN4CCN(c5ccc(C)c(C)c5)CC4)[C@@H]3C[C@@H]12. The fourth-order valence-corrected chi connectivity index (χ4v) is 6.85. The van der Waals surface area contributed by atoms with Crippen molar-refractivity contribution in [3.8, 4) is 0 Å². The van der Waals surface area contributed by atoms with Crippen molar-refractivity contribution in [2.45, 2.75) is 59.0 Å². The summed E-state index contributed by atoms with van der Waals surface area (Å²) in [5.41, 5.74) is 5.73. The van der Waals surface area contributed by atoms with Gasteiger partial charge in [-0.15, -0.1) is 0 Å². The first kappa shape index (κ1) is 21.1. The van der Waals surface area contributed by atoms with Crippen LogP contribution in [0.15, 0.2) is 30.4 Å². The molecule has 0 bridgehead atoms. The van der Waals surface area contributed by atoms with Gasteiger partial charge < -0.3 is 9.64 Å². The van der Waals surface area contributed by atoms with Crippen molar-refractivity contribution in [1.29, 1.82) is 0 Å².